The molecule has 0 amide bonds. The Kier molecular flexibility index (Phi) is 2.66. The minimum Gasteiger partial charge on any atom is -0.258 e. The van der Waals surface area contributed by atoms with Gasteiger partial charge in [0.15, 0.2) is 0 Å². The van der Waals surface area contributed by atoms with Crippen molar-refractivity contribution in [2.45, 2.75) is 19.8 Å². The van der Waals surface area contributed by atoms with Crippen LogP contribution in [0.15, 0.2) is 18.2 Å². The van der Waals surface area contributed by atoms with E-state index < -0.39 is 0 Å². The van der Waals surface area contributed by atoms with E-state index in [1.165, 1.54) is 6.07 Å². The molecule has 0 fully saturated rings. The maximum absolute atomic E-state index is 10.5. The second kappa shape index (κ2) is 3.56. The first-order chi connectivity index (χ1) is 6.02. The van der Waals surface area contributed by atoms with E-state index in [4.69, 9.17) is 0 Å². The highest BCUT2D eigenvalue weighted by Gasteiger charge is 2.10. The SMILES string of the molecule is [CH2]C(C)c1cc([N+](=O)[O-])ccc1C. The molecule has 69 valence electrons. The van der Waals surface area contributed by atoms with Crippen LogP contribution in [0, 0.1) is 24.0 Å². The van der Waals surface area contributed by atoms with E-state index in [1.54, 1.807) is 12.1 Å². The van der Waals surface area contributed by atoms with E-state index in [2.05, 4.69) is 6.92 Å². The fourth-order valence-corrected chi connectivity index (χ4v) is 1.27. The zero-order valence-electron chi connectivity index (χ0n) is 7.78. The number of rotatable bonds is 2. The van der Waals surface area contributed by atoms with E-state index in [0.717, 1.165) is 11.1 Å². The number of benzene rings is 1. The van der Waals surface area contributed by atoms with E-state index in [-0.39, 0.29) is 16.5 Å². The molecular formula is C10H12NO2. The van der Waals surface area contributed by atoms with Crippen molar-refractivity contribution in [1.29, 1.82) is 0 Å². The third-order valence-corrected chi connectivity index (χ3v) is 2.00. The number of aryl methyl sites for hydroxylation is 1. The normalized spacial score (nSPS) is 10.5. The molecule has 1 aromatic rings. The molecule has 0 aliphatic heterocycles. The molecule has 0 spiro atoms. The maximum atomic E-state index is 10.5. The summed E-state index contributed by atoms with van der Waals surface area (Å²) >= 11 is 0. The summed E-state index contributed by atoms with van der Waals surface area (Å²) in [6, 6.07) is 4.86. The minimum absolute atomic E-state index is 0.0832. The van der Waals surface area contributed by atoms with Crippen molar-refractivity contribution < 1.29 is 4.92 Å². The van der Waals surface area contributed by atoms with E-state index >= 15 is 0 Å². The van der Waals surface area contributed by atoms with Gasteiger partial charge in [-0.3, -0.25) is 10.1 Å². The average molecular weight is 178 g/mol. The molecule has 0 aliphatic rings. The van der Waals surface area contributed by atoms with Gasteiger partial charge in [0.1, 0.15) is 0 Å². The molecule has 0 N–H and O–H groups in total. The van der Waals surface area contributed by atoms with Gasteiger partial charge in [-0.1, -0.05) is 13.0 Å². The molecule has 3 nitrogen and oxygen atoms in total. The Balaban J connectivity index is 3.19. The number of hydrogen-bond acceptors (Lipinski definition) is 2. The van der Waals surface area contributed by atoms with Crippen molar-refractivity contribution in [3.63, 3.8) is 0 Å². The molecule has 0 aromatic heterocycles. The Morgan fingerprint density at radius 3 is 2.62 bits per heavy atom. The van der Waals surface area contributed by atoms with Gasteiger partial charge >= 0.3 is 0 Å². The third kappa shape index (κ3) is 2.05. The van der Waals surface area contributed by atoms with Gasteiger partial charge in [0.25, 0.3) is 5.69 Å². The minimum atomic E-state index is -0.384. The van der Waals surface area contributed by atoms with Crippen molar-refractivity contribution in [3.8, 4) is 0 Å². The number of nitrogens with zero attached hydrogens (tertiary/aromatic N) is 1. The Morgan fingerprint density at radius 1 is 1.54 bits per heavy atom. The summed E-state index contributed by atoms with van der Waals surface area (Å²) < 4.78 is 0. The highest BCUT2D eigenvalue weighted by atomic mass is 16.6. The smallest absolute Gasteiger partial charge is 0.258 e. The number of nitro benzene ring substituents is 1. The zero-order chi connectivity index (χ0) is 10.0. The maximum Gasteiger partial charge on any atom is 0.269 e. The Hall–Kier alpha value is -1.38. The van der Waals surface area contributed by atoms with Gasteiger partial charge in [0.2, 0.25) is 0 Å². The molecule has 0 bridgehead atoms. The van der Waals surface area contributed by atoms with Crippen LogP contribution in [0.5, 0.6) is 0 Å². The van der Waals surface area contributed by atoms with Crippen LogP contribution in [0.4, 0.5) is 5.69 Å². The standard InChI is InChI=1S/C10H12NO2/c1-7(2)10-6-9(11(12)13)5-4-8(10)3/h4-7H,1H2,2-3H3. The molecular weight excluding hydrogens is 166 g/mol. The molecule has 1 unspecified atom stereocenters. The molecule has 0 saturated heterocycles. The largest absolute Gasteiger partial charge is 0.269 e. The van der Waals surface area contributed by atoms with Crippen LogP contribution in [-0.4, -0.2) is 4.92 Å². The number of non-ortho nitro benzene ring substituents is 1. The van der Waals surface area contributed by atoms with Crippen LogP contribution < -0.4 is 0 Å². The van der Waals surface area contributed by atoms with E-state index in [0.29, 0.717) is 0 Å². The molecule has 3 heteroatoms. The summed E-state index contributed by atoms with van der Waals surface area (Å²) in [5, 5.41) is 10.5. The summed E-state index contributed by atoms with van der Waals surface area (Å²) in [6.07, 6.45) is 0. The first-order valence-electron chi connectivity index (χ1n) is 4.10. The van der Waals surface area contributed by atoms with Crippen LogP contribution in [0.2, 0.25) is 0 Å². The molecule has 0 heterocycles. The van der Waals surface area contributed by atoms with Crippen molar-refractivity contribution in [3.05, 3.63) is 46.4 Å². The Bertz CT molecular complexity index is 332. The molecule has 0 aliphatic carbocycles. The Morgan fingerprint density at radius 2 is 2.15 bits per heavy atom. The summed E-state index contributed by atoms with van der Waals surface area (Å²) in [6.45, 7) is 7.70. The molecule has 13 heavy (non-hydrogen) atoms. The van der Waals surface area contributed by atoms with Gasteiger partial charge in [-0.25, -0.2) is 0 Å². The Labute approximate surface area is 77.5 Å². The lowest BCUT2D eigenvalue weighted by Gasteiger charge is -2.08. The van der Waals surface area contributed by atoms with Gasteiger partial charge in [-0.05, 0) is 30.9 Å². The van der Waals surface area contributed by atoms with Crippen molar-refractivity contribution in [2.75, 3.05) is 0 Å². The lowest BCUT2D eigenvalue weighted by Crippen LogP contribution is -1.95. The van der Waals surface area contributed by atoms with Crippen molar-refractivity contribution in [2.24, 2.45) is 0 Å². The first kappa shape index (κ1) is 9.71. The predicted molar refractivity (Wildman–Crippen MR) is 51.6 cm³/mol. The average Bonchev–Trinajstić information content (AvgIpc) is 2.04. The summed E-state index contributed by atoms with van der Waals surface area (Å²) in [7, 11) is 0. The van der Waals surface area contributed by atoms with Crippen molar-refractivity contribution in [1.82, 2.24) is 0 Å². The summed E-state index contributed by atoms with van der Waals surface area (Å²) in [5.74, 6) is 0.0832. The van der Waals surface area contributed by atoms with Gasteiger partial charge in [0, 0.05) is 12.1 Å². The van der Waals surface area contributed by atoms with Gasteiger partial charge < -0.3 is 0 Å². The van der Waals surface area contributed by atoms with Crippen molar-refractivity contribution >= 4 is 5.69 Å². The first-order valence-corrected chi connectivity index (χ1v) is 4.10. The van der Waals surface area contributed by atoms with Gasteiger partial charge in [-0.2, -0.15) is 0 Å². The monoisotopic (exact) mass is 178 g/mol. The lowest BCUT2D eigenvalue weighted by molar-refractivity contribution is -0.384. The second-order valence-corrected chi connectivity index (χ2v) is 3.20. The number of nitro groups is 1. The van der Waals surface area contributed by atoms with Crippen LogP contribution in [0.3, 0.4) is 0 Å². The summed E-state index contributed by atoms with van der Waals surface area (Å²) in [4.78, 5) is 10.1. The van der Waals surface area contributed by atoms with Gasteiger partial charge in [0.05, 0.1) is 4.92 Å². The number of hydrogen-bond donors (Lipinski definition) is 0. The lowest BCUT2D eigenvalue weighted by atomic mass is 9.98. The molecule has 1 aromatic carbocycles. The van der Waals surface area contributed by atoms with Gasteiger partial charge in [-0.15, -0.1) is 0 Å². The van der Waals surface area contributed by atoms with Crippen LogP contribution >= 0.6 is 0 Å². The second-order valence-electron chi connectivity index (χ2n) is 3.20. The fourth-order valence-electron chi connectivity index (χ4n) is 1.27. The van der Waals surface area contributed by atoms with Crippen LogP contribution in [0.25, 0.3) is 0 Å². The highest BCUT2D eigenvalue weighted by Crippen LogP contribution is 2.23. The third-order valence-electron chi connectivity index (χ3n) is 2.00. The summed E-state index contributed by atoms with van der Waals surface area (Å²) in [5.41, 5.74) is 2.12. The highest BCUT2D eigenvalue weighted by molar-refractivity contribution is 5.41. The zero-order valence-corrected chi connectivity index (χ0v) is 7.78. The quantitative estimate of drug-likeness (QED) is 0.516. The van der Waals surface area contributed by atoms with E-state index in [1.807, 2.05) is 13.8 Å². The van der Waals surface area contributed by atoms with Crippen LogP contribution in [-0.2, 0) is 0 Å². The molecule has 0 saturated carbocycles. The predicted octanol–water partition coefficient (Wildman–Crippen LogP) is 2.84. The van der Waals surface area contributed by atoms with E-state index in [9.17, 15) is 10.1 Å². The molecule has 1 atom stereocenters. The van der Waals surface area contributed by atoms with Crippen LogP contribution in [0.1, 0.15) is 24.0 Å². The topological polar surface area (TPSA) is 43.1 Å². The molecule has 1 radical (unpaired) electrons. The molecule has 1 rings (SSSR count). The fraction of sp³-hybridized carbons (Fsp3) is 0.300.